The van der Waals surface area contributed by atoms with Gasteiger partial charge in [-0.2, -0.15) is 0 Å². The summed E-state index contributed by atoms with van der Waals surface area (Å²) in [7, 11) is -3.93. The first-order valence-corrected chi connectivity index (χ1v) is 13.1. The molecule has 0 saturated heterocycles. The number of H-pyrrole nitrogens is 1. The quantitative estimate of drug-likeness (QED) is 0.486. The number of nitrogens with one attached hydrogen (secondary N) is 3. The molecule has 10 heteroatoms. The van der Waals surface area contributed by atoms with Gasteiger partial charge in [0.2, 0.25) is 15.8 Å². The zero-order valence-electron chi connectivity index (χ0n) is 19.5. The average Bonchev–Trinajstić information content (AvgIpc) is 3.24. The van der Waals surface area contributed by atoms with E-state index in [0.717, 1.165) is 18.7 Å². The highest BCUT2D eigenvalue weighted by Crippen LogP contribution is 2.19. The zero-order chi connectivity index (χ0) is 24.7. The molecule has 1 aromatic heterocycles. The summed E-state index contributed by atoms with van der Waals surface area (Å²) in [6.45, 7) is 4.14. The van der Waals surface area contributed by atoms with Crippen LogP contribution in [0.25, 0.3) is 0 Å². The molecular formula is C24H32N4O5S. The summed E-state index contributed by atoms with van der Waals surface area (Å²) in [6, 6.07) is 6.81. The molecular weight excluding hydrogens is 456 g/mol. The number of ketones is 2. The maximum Gasteiger partial charge on any atom is 0.287 e. The number of aromatic amines is 1. The molecule has 1 amide bonds. The number of carbonyl (C=O) groups excluding carboxylic acids is 3. The van der Waals surface area contributed by atoms with E-state index in [1.807, 2.05) is 13.8 Å². The number of hydrogen-bond acceptors (Lipinski definition) is 6. The molecule has 0 radical (unpaired) electrons. The Kier molecular flexibility index (Phi) is 8.73. The van der Waals surface area contributed by atoms with Gasteiger partial charge in [0.05, 0.1) is 10.9 Å². The first-order valence-electron chi connectivity index (χ1n) is 11.6. The van der Waals surface area contributed by atoms with Crippen molar-refractivity contribution in [3.8, 4) is 0 Å². The molecule has 2 unspecified atom stereocenters. The molecule has 184 valence electrons. The monoisotopic (exact) mass is 488 g/mol. The van der Waals surface area contributed by atoms with Gasteiger partial charge < -0.3 is 10.3 Å². The highest BCUT2D eigenvalue weighted by molar-refractivity contribution is 7.89. The lowest BCUT2D eigenvalue weighted by molar-refractivity contribution is -0.141. The molecule has 2 heterocycles. The Bertz CT molecular complexity index is 1110. The third-order valence-electron chi connectivity index (χ3n) is 5.76. The highest BCUT2D eigenvalue weighted by atomic mass is 32.2. The second-order valence-corrected chi connectivity index (χ2v) is 10.8. The maximum absolute atomic E-state index is 13.3. The Hall–Kier alpha value is -2.85. The van der Waals surface area contributed by atoms with E-state index in [1.54, 1.807) is 24.4 Å². The van der Waals surface area contributed by atoms with Gasteiger partial charge in [0.1, 0.15) is 5.82 Å². The van der Waals surface area contributed by atoms with Crippen LogP contribution in [0.1, 0.15) is 51.0 Å². The molecule has 2 atom stereocenters. The van der Waals surface area contributed by atoms with Crippen molar-refractivity contribution < 1.29 is 22.8 Å². The molecule has 3 rings (SSSR count). The van der Waals surface area contributed by atoms with E-state index in [2.05, 4.69) is 20.0 Å². The number of benzene rings is 1. The van der Waals surface area contributed by atoms with Crippen LogP contribution >= 0.6 is 0 Å². The van der Waals surface area contributed by atoms with Crippen LogP contribution in [0, 0.1) is 11.8 Å². The third kappa shape index (κ3) is 7.07. The Labute approximate surface area is 200 Å². The first kappa shape index (κ1) is 25.8. The number of aryl methyl sites for hydroxylation is 1. The van der Waals surface area contributed by atoms with Crippen LogP contribution in [-0.4, -0.2) is 48.4 Å². The van der Waals surface area contributed by atoms with Crippen molar-refractivity contribution in [2.45, 2.75) is 63.3 Å². The van der Waals surface area contributed by atoms with E-state index in [4.69, 9.17) is 0 Å². The van der Waals surface area contributed by atoms with Gasteiger partial charge in [-0.15, -0.1) is 0 Å². The molecule has 1 aromatic carbocycles. The number of fused-ring (bicyclic) bond motifs is 2. The normalized spacial score (nSPS) is 18.6. The second kappa shape index (κ2) is 11.5. The van der Waals surface area contributed by atoms with Gasteiger partial charge >= 0.3 is 0 Å². The lowest BCUT2D eigenvalue weighted by Crippen LogP contribution is -2.44. The van der Waals surface area contributed by atoms with Crippen LogP contribution in [0.3, 0.4) is 0 Å². The minimum atomic E-state index is -3.93. The maximum atomic E-state index is 13.3. The third-order valence-corrected chi connectivity index (χ3v) is 7.25. The number of Topliss-reactive ketones (excluding diaryl/α,β-unsaturated/α-hetero) is 2. The molecule has 0 saturated carbocycles. The molecule has 34 heavy (non-hydrogen) atoms. The number of carbonyl (C=O) groups is 3. The summed E-state index contributed by atoms with van der Waals surface area (Å²) < 4.78 is 28.3. The summed E-state index contributed by atoms with van der Waals surface area (Å²) in [4.78, 5) is 46.2. The van der Waals surface area contributed by atoms with Crippen LogP contribution in [-0.2, 0) is 37.2 Å². The molecule has 1 aliphatic heterocycles. The van der Waals surface area contributed by atoms with Crippen molar-refractivity contribution in [2.24, 2.45) is 11.8 Å². The molecule has 0 fully saturated rings. The highest BCUT2D eigenvalue weighted by Gasteiger charge is 2.33. The number of aromatic nitrogens is 2. The summed E-state index contributed by atoms with van der Waals surface area (Å²) in [5.41, 5.74) is 0.666. The topological polar surface area (TPSA) is 138 Å². The largest absolute Gasteiger partial charge is 0.349 e. The first-order chi connectivity index (χ1) is 16.2. The zero-order valence-corrected chi connectivity index (χ0v) is 20.4. The number of amides is 1. The number of rotatable bonds is 8. The Balaban J connectivity index is 1.82. The van der Waals surface area contributed by atoms with Gasteiger partial charge in [0.15, 0.2) is 5.78 Å². The van der Waals surface area contributed by atoms with Gasteiger partial charge in [-0.3, -0.25) is 14.4 Å². The van der Waals surface area contributed by atoms with Gasteiger partial charge in [0, 0.05) is 37.2 Å². The van der Waals surface area contributed by atoms with Crippen molar-refractivity contribution in [3.63, 3.8) is 0 Å². The molecule has 0 spiro atoms. The Morgan fingerprint density at radius 3 is 2.62 bits per heavy atom. The van der Waals surface area contributed by atoms with Crippen molar-refractivity contribution >= 4 is 27.5 Å². The standard InChI is InChI=1S/C24H32N4O5S/c1-16(2)12-20(28-34(32,33)19-8-4-3-5-9-19)21(29)14-17-13-18-15-26-22(27-18)10-6-7-11-25-24(31)23(17)30/h3-5,8-9,15-17,20,28H,6-7,10-14H2,1-2H3,(H,25,31)(H,26,27). The van der Waals surface area contributed by atoms with Gasteiger partial charge in [-0.05, 0) is 43.7 Å². The number of hydrogen-bond donors (Lipinski definition) is 3. The van der Waals surface area contributed by atoms with Gasteiger partial charge in [-0.25, -0.2) is 18.1 Å². The minimum Gasteiger partial charge on any atom is -0.349 e. The van der Waals surface area contributed by atoms with Crippen LogP contribution in [0.5, 0.6) is 0 Å². The van der Waals surface area contributed by atoms with E-state index >= 15 is 0 Å². The van der Waals surface area contributed by atoms with Crippen molar-refractivity contribution in [1.82, 2.24) is 20.0 Å². The minimum absolute atomic E-state index is 0.0258. The predicted molar refractivity (Wildman–Crippen MR) is 126 cm³/mol. The summed E-state index contributed by atoms with van der Waals surface area (Å²) >= 11 is 0. The molecule has 2 bridgehead atoms. The SMILES string of the molecule is CC(C)CC(NS(=O)(=O)c1ccccc1)C(=O)CC1Cc2cnc([nH]2)CCCCNC(=O)C1=O. The number of sulfonamides is 1. The van der Waals surface area contributed by atoms with E-state index in [1.165, 1.54) is 12.1 Å². The fourth-order valence-corrected chi connectivity index (χ4v) is 5.26. The molecule has 1 aliphatic rings. The van der Waals surface area contributed by atoms with Gasteiger partial charge in [0.25, 0.3) is 5.91 Å². The van der Waals surface area contributed by atoms with Crippen LogP contribution in [0.2, 0.25) is 0 Å². The van der Waals surface area contributed by atoms with E-state index in [-0.39, 0.29) is 30.1 Å². The lowest BCUT2D eigenvalue weighted by Gasteiger charge is -2.22. The molecule has 0 aliphatic carbocycles. The summed E-state index contributed by atoms with van der Waals surface area (Å²) in [5, 5.41) is 2.63. The Morgan fingerprint density at radius 1 is 1.18 bits per heavy atom. The molecule has 3 N–H and O–H groups in total. The fraction of sp³-hybridized carbons (Fsp3) is 0.500. The molecule has 2 aromatic rings. The van der Waals surface area contributed by atoms with Crippen LogP contribution < -0.4 is 10.0 Å². The Morgan fingerprint density at radius 2 is 1.91 bits per heavy atom. The van der Waals surface area contributed by atoms with E-state index < -0.39 is 39.5 Å². The fourth-order valence-electron chi connectivity index (χ4n) is 4.01. The predicted octanol–water partition coefficient (Wildman–Crippen LogP) is 1.94. The summed E-state index contributed by atoms with van der Waals surface area (Å²) in [6.07, 6.45) is 4.04. The van der Waals surface area contributed by atoms with Crippen molar-refractivity contribution in [2.75, 3.05) is 6.54 Å². The van der Waals surface area contributed by atoms with E-state index in [9.17, 15) is 22.8 Å². The van der Waals surface area contributed by atoms with Crippen molar-refractivity contribution in [3.05, 3.63) is 48.0 Å². The average molecular weight is 489 g/mol. The van der Waals surface area contributed by atoms with E-state index in [0.29, 0.717) is 18.7 Å². The van der Waals surface area contributed by atoms with Crippen LogP contribution in [0.15, 0.2) is 41.4 Å². The second-order valence-electron chi connectivity index (χ2n) is 9.12. The summed E-state index contributed by atoms with van der Waals surface area (Å²) in [5.74, 6) is -1.92. The van der Waals surface area contributed by atoms with Crippen LogP contribution in [0.4, 0.5) is 0 Å². The van der Waals surface area contributed by atoms with Crippen molar-refractivity contribution in [1.29, 1.82) is 0 Å². The lowest BCUT2D eigenvalue weighted by atomic mass is 9.88. The smallest absolute Gasteiger partial charge is 0.287 e. The molecule has 9 nitrogen and oxygen atoms in total. The number of nitrogens with zero attached hydrogens (tertiary/aromatic N) is 1. The van der Waals surface area contributed by atoms with Gasteiger partial charge in [-0.1, -0.05) is 32.0 Å². The number of imidazole rings is 1.